The van der Waals surface area contributed by atoms with Gasteiger partial charge in [0.25, 0.3) is 0 Å². The highest BCUT2D eigenvalue weighted by atomic mass is 35.5. The van der Waals surface area contributed by atoms with E-state index in [1.807, 2.05) is 60.7 Å². The molecule has 6 atom stereocenters. The molecule has 0 aromatic heterocycles. The van der Waals surface area contributed by atoms with E-state index in [-0.39, 0.29) is 25.1 Å². The van der Waals surface area contributed by atoms with Crippen molar-refractivity contribution in [1.29, 1.82) is 0 Å². The molecule has 1 fully saturated rings. The van der Waals surface area contributed by atoms with Crippen LogP contribution in [-0.4, -0.2) is 76.6 Å². The summed E-state index contributed by atoms with van der Waals surface area (Å²) in [4.78, 5) is 30.6. The number of aliphatic hydroxyl groups is 1. The van der Waals surface area contributed by atoms with Gasteiger partial charge in [0, 0.05) is 12.6 Å². The molecule has 0 aliphatic carbocycles. The second-order valence-electron chi connectivity index (χ2n) is 9.92. The number of nitrogens with zero attached hydrogens (tertiary/aromatic N) is 2. The smallest absolute Gasteiger partial charge is 0.323 e. The van der Waals surface area contributed by atoms with Gasteiger partial charge >= 0.3 is 11.9 Å². The minimum atomic E-state index is -1.58. The predicted molar refractivity (Wildman–Crippen MR) is 149 cm³/mol. The molecule has 0 spiro atoms. The predicted octanol–water partition coefficient (Wildman–Crippen LogP) is 1.07. The van der Waals surface area contributed by atoms with Crippen molar-refractivity contribution in [3.63, 3.8) is 0 Å². The molecule has 1 saturated heterocycles. The van der Waals surface area contributed by atoms with E-state index in [1.54, 1.807) is 0 Å². The average Bonchev–Trinajstić information content (AvgIpc) is 3.32. The summed E-state index contributed by atoms with van der Waals surface area (Å²) >= 11 is 6.35. The van der Waals surface area contributed by atoms with Crippen molar-refractivity contribution in [2.45, 2.75) is 55.6 Å². The summed E-state index contributed by atoms with van der Waals surface area (Å²) in [6.45, 7) is -0.443. The molecule has 2 aliphatic rings. The van der Waals surface area contributed by atoms with E-state index in [2.05, 4.69) is 4.99 Å². The van der Waals surface area contributed by atoms with E-state index in [0.717, 1.165) is 22.2 Å². The number of amidine groups is 1. The average molecular weight is 590 g/mol. The highest BCUT2D eigenvalue weighted by Gasteiger charge is 2.54. The van der Waals surface area contributed by atoms with Gasteiger partial charge in [0.2, 0.25) is 6.35 Å². The van der Waals surface area contributed by atoms with Gasteiger partial charge in [-0.1, -0.05) is 60.7 Å². The van der Waals surface area contributed by atoms with E-state index in [4.69, 9.17) is 43.0 Å². The van der Waals surface area contributed by atoms with Gasteiger partial charge in [-0.2, -0.15) is 0 Å². The Bertz CT molecular complexity index is 1270. The maximum absolute atomic E-state index is 14.3. The number of rotatable bonds is 11. The molecule has 2 heterocycles. The quantitative estimate of drug-likeness (QED) is 0.219. The summed E-state index contributed by atoms with van der Waals surface area (Å²) < 4.78 is 31.7. The molecular weight excluding hydrogens is 557 g/mol. The highest BCUT2D eigenvalue weighted by molar-refractivity contribution is 6.18. The van der Waals surface area contributed by atoms with Gasteiger partial charge in [-0.15, -0.1) is 11.6 Å². The Morgan fingerprint density at radius 1 is 1.07 bits per heavy atom. The normalized spacial score (nSPS) is 25.6. The number of hydrogen-bond acceptors (Lipinski definition) is 11. The Labute approximate surface area is 241 Å². The molecule has 0 bridgehead atoms. The summed E-state index contributed by atoms with van der Waals surface area (Å²) in [5.74, 6) is -3.13. The van der Waals surface area contributed by atoms with Crippen LogP contribution in [0.1, 0.15) is 17.5 Å². The van der Waals surface area contributed by atoms with Crippen LogP contribution in [0, 0.1) is 0 Å². The molecular formula is C28H33ClFN5O6. The van der Waals surface area contributed by atoms with Gasteiger partial charge in [-0.05, 0) is 24.0 Å². The van der Waals surface area contributed by atoms with Crippen LogP contribution in [-0.2, 0) is 36.6 Å². The van der Waals surface area contributed by atoms with Crippen LogP contribution in [0.25, 0.3) is 0 Å². The molecule has 2 aromatic rings. The molecule has 41 heavy (non-hydrogen) atoms. The molecule has 0 saturated carbocycles. The van der Waals surface area contributed by atoms with Gasteiger partial charge < -0.3 is 41.4 Å². The maximum atomic E-state index is 14.3. The van der Waals surface area contributed by atoms with Crippen LogP contribution < -0.4 is 17.2 Å². The fourth-order valence-corrected chi connectivity index (χ4v) is 4.91. The summed E-state index contributed by atoms with van der Waals surface area (Å²) in [7, 11) is 0. The first-order valence-electron chi connectivity index (χ1n) is 13.0. The van der Waals surface area contributed by atoms with E-state index in [1.165, 1.54) is 0 Å². The minimum absolute atomic E-state index is 0.0829. The third-order valence-corrected chi connectivity index (χ3v) is 7.33. The lowest BCUT2D eigenvalue weighted by Gasteiger charge is -2.34. The lowest BCUT2D eigenvalue weighted by molar-refractivity contribution is -0.182. The van der Waals surface area contributed by atoms with Crippen LogP contribution in [0.15, 0.2) is 77.7 Å². The van der Waals surface area contributed by atoms with Crippen LogP contribution >= 0.6 is 11.6 Å². The van der Waals surface area contributed by atoms with E-state index < -0.39 is 66.6 Å². The minimum Gasteiger partial charge on any atom is -0.461 e. The van der Waals surface area contributed by atoms with Crippen molar-refractivity contribution >= 4 is 29.4 Å². The Morgan fingerprint density at radius 2 is 1.63 bits per heavy atom. The number of ether oxygens (including phenoxy) is 3. The van der Waals surface area contributed by atoms with E-state index in [0.29, 0.717) is 0 Å². The molecule has 2 aromatic carbocycles. The van der Waals surface area contributed by atoms with Gasteiger partial charge in [-0.3, -0.25) is 9.59 Å². The molecule has 1 unspecified atom stereocenters. The Balaban J connectivity index is 1.50. The third-order valence-electron chi connectivity index (χ3n) is 6.88. The zero-order valence-electron chi connectivity index (χ0n) is 22.1. The summed E-state index contributed by atoms with van der Waals surface area (Å²) in [5.41, 5.74) is 17.8. The van der Waals surface area contributed by atoms with E-state index in [9.17, 15) is 19.1 Å². The van der Waals surface area contributed by atoms with Crippen molar-refractivity contribution in [2.75, 3.05) is 12.5 Å². The highest BCUT2D eigenvalue weighted by Crippen LogP contribution is 2.38. The fourth-order valence-electron chi connectivity index (χ4n) is 4.59. The van der Waals surface area contributed by atoms with Crippen molar-refractivity contribution in [3.05, 3.63) is 83.8 Å². The fraction of sp³-hybridized carbons (Fsp3) is 0.393. The number of nitrogens with two attached hydrogens (primary N) is 3. The first-order valence-corrected chi connectivity index (χ1v) is 13.5. The number of benzene rings is 2. The van der Waals surface area contributed by atoms with Crippen LogP contribution in [0.3, 0.4) is 0 Å². The first kappa shape index (κ1) is 30.4. The van der Waals surface area contributed by atoms with Crippen LogP contribution in [0.2, 0.25) is 0 Å². The standard InChI is InChI=1S/C28H33ClFN5O6/c29-15-28(16-39-25(36)20(31)11-17-7-3-1-4-8-17)22(40-26(37)21(32)12-18-9-5-2-6-10-18)13-23(41-28)35-14-19(30)24(33)34-27(35)38/h1-10,14,20-23,27,38H,11-13,15-16,31-32H2,(H2,33,34)/t20-,21+,22-,23+,27?,28+/m0/s1. The third kappa shape index (κ3) is 7.40. The second kappa shape index (κ2) is 13.4. The number of alkyl halides is 1. The monoisotopic (exact) mass is 589 g/mol. The lowest BCUT2D eigenvalue weighted by Crippen LogP contribution is -2.51. The number of carbonyl (C=O) groups excluding carboxylic acids is 2. The lowest BCUT2D eigenvalue weighted by atomic mass is 9.99. The van der Waals surface area contributed by atoms with Crippen molar-refractivity contribution < 1.29 is 33.3 Å². The van der Waals surface area contributed by atoms with Crippen LogP contribution in [0.4, 0.5) is 4.39 Å². The zero-order chi connectivity index (χ0) is 29.6. The Kier molecular flexibility index (Phi) is 9.94. The molecule has 0 amide bonds. The number of esters is 2. The summed E-state index contributed by atoms with van der Waals surface area (Å²) in [6, 6.07) is 16.3. The SMILES string of the molecule is NC1=NC(O)N([C@H]2C[C@H](OC(=O)[C@H](N)Cc3ccccc3)[C@@](CCl)(COC(=O)[C@@H](N)Cc3ccccc3)O2)C=C1F. The summed E-state index contributed by atoms with van der Waals surface area (Å²) in [6.07, 6.45) is -2.46. The molecule has 11 nitrogen and oxygen atoms in total. The van der Waals surface area contributed by atoms with Crippen molar-refractivity contribution in [1.82, 2.24) is 4.90 Å². The first-order chi connectivity index (χ1) is 19.6. The Hall–Kier alpha value is -3.55. The zero-order valence-corrected chi connectivity index (χ0v) is 22.9. The summed E-state index contributed by atoms with van der Waals surface area (Å²) in [5, 5.41) is 10.4. The van der Waals surface area contributed by atoms with E-state index >= 15 is 0 Å². The number of halogens is 2. The molecule has 220 valence electrons. The largest absolute Gasteiger partial charge is 0.461 e. The van der Waals surface area contributed by atoms with Gasteiger partial charge in [-0.25, -0.2) is 9.38 Å². The molecule has 2 aliphatic heterocycles. The number of hydrogen-bond donors (Lipinski definition) is 4. The molecule has 4 rings (SSSR count). The second-order valence-corrected chi connectivity index (χ2v) is 10.2. The topological polar surface area (TPSA) is 176 Å². The van der Waals surface area contributed by atoms with Gasteiger partial charge in [0.15, 0.2) is 17.3 Å². The van der Waals surface area contributed by atoms with Crippen LogP contribution in [0.5, 0.6) is 0 Å². The van der Waals surface area contributed by atoms with Crippen molar-refractivity contribution in [2.24, 2.45) is 22.2 Å². The number of aliphatic hydroxyl groups excluding tert-OH is 1. The van der Waals surface area contributed by atoms with Crippen molar-refractivity contribution in [3.8, 4) is 0 Å². The number of aliphatic imine (C=N–C) groups is 1. The number of carbonyl (C=O) groups is 2. The molecule has 13 heteroatoms. The Morgan fingerprint density at radius 3 is 2.20 bits per heavy atom. The molecule has 0 radical (unpaired) electrons. The van der Waals surface area contributed by atoms with Gasteiger partial charge in [0.1, 0.15) is 31.0 Å². The van der Waals surface area contributed by atoms with Gasteiger partial charge in [0.05, 0.1) is 5.88 Å². The molecule has 7 N–H and O–H groups in total. The maximum Gasteiger partial charge on any atom is 0.323 e.